The van der Waals surface area contributed by atoms with E-state index < -0.39 is 11.7 Å². The predicted molar refractivity (Wildman–Crippen MR) is 86.9 cm³/mol. The smallest absolute Gasteiger partial charge is 0.259 e. The molecular formula is C17H15FN4O2. The fourth-order valence-corrected chi connectivity index (χ4v) is 2.26. The van der Waals surface area contributed by atoms with Gasteiger partial charge in [0.1, 0.15) is 0 Å². The number of carbonyl (C=O) groups is 1. The Morgan fingerprint density at radius 1 is 1.29 bits per heavy atom. The summed E-state index contributed by atoms with van der Waals surface area (Å²) in [6.07, 6.45) is 6.49. The van der Waals surface area contributed by atoms with Crippen LogP contribution in [0.25, 0.3) is 5.69 Å². The van der Waals surface area contributed by atoms with E-state index in [1.807, 2.05) is 0 Å². The zero-order valence-electron chi connectivity index (χ0n) is 12.9. The predicted octanol–water partition coefficient (Wildman–Crippen LogP) is 3.06. The van der Waals surface area contributed by atoms with Gasteiger partial charge in [0.2, 0.25) is 0 Å². The number of benzene rings is 1. The molecular weight excluding hydrogens is 311 g/mol. The van der Waals surface area contributed by atoms with Crippen LogP contribution < -0.4 is 10.1 Å². The highest BCUT2D eigenvalue weighted by atomic mass is 19.1. The largest absolute Gasteiger partial charge is 0.490 e. The molecule has 0 spiro atoms. The molecule has 0 saturated heterocycles. The number of carbonyl (C=O) groups excluding carboxylic acids is 1. The van der Waals surface area contributed by atoms with Crippen molar-refractivity contribution in [3.63, 3.8) is 0 Å². The first-order chi connectivity index (χ1) is 11.7. The van der Waals surface area contributed by atoms with Gasteiger partial charge in [-0.05, 0) is 31.2 Å². The number of hydrogen-bond acceptors (Lipinski definition) is 4. The fourth-order valence-electron chi connectivity index (χ4n) is 2.26. The third kappa shape index (κ3) is 3.10. The molecule has 122 valence electrons. The number of amides is 1. The van der Waals surface area contributed by atoms with E-state index in [9.17, 15) is 9.18 Å². The second-order valence-electron chi connectivity index (χ2n) is 4.85. The molecule has 0 saturated carbocycles. The minimum atomic E-state index is -0.581. The summed E-state index contributed by atoms with van der Waals surface area (Å²) in [7, 11) is 0. The zero-order chi connectivity index (χ0) is 16.9. The minimum absolute atomic E-state index is 0.0676. The standard InChI is InChI=1S/C17H15FN4O2/c1-2-24-16-12(5-3-6-13(16)18)17(23)21-14-11-19-9-7-15(14)22-10-4-8-20-22/h3-11H,2H2,1H3,(H,21,23). The molecule has 2 heterocycles. The van der Waals surface area contributed by atoms with Crippen LogP contribution in [0.2, 0.25) is 0 Å². The van der Waals surface area contributed by atoms with Gasteiger partial charge in [-0.2, -0.15) is 5.10 Å². The quantitative estimate of drug-likeness (QED) is 0.782. The summed E-state index contributed by atoms with van der Waals surface area (Å²) in [5.74, 6) is -1.13. The Morgan fingerprint density at radius 2 is 2.17 bits per heavy atom. The molecule has 0 aliphatic carbocycles. The molecule has 24 heavy (non-hydrogen) atoms. The summed E-state index contributed by atoms with van der Waals surface area (Å²) in [6.45, 7) is 1.98. The van der Waals surface area contributed by atoms with Crippen molar-refractivity contribution in [2.24, 2.45) is 0 Å². The number of halogens is 1. The lowest BCUT2D eigenvalue weighted by molar-refractivity contribution is 0.102. The van der Waals surface area contributed by atoms with Crippen LogP contribution in [0.3, 0.4) is 0 Å². The monoisotopic (exact) mass is 326 g/mol. The van der Waals surface area contributed by atoms with Gasteiger partial charge in [0.05, 0.1) is 29.7 Å². The Bertz CT molecular complexity index is 850. The maximum atomic E-state index is 13.9. The maximum Gasteiger partial charge on any atom is 0.259 e. The molecule has 7 heteroatoms. The van der Waals surface area contributed by atoms with E-state index in [1.165, 1.54) is 24.4 Å². The molecule has 0 radical (unpaired) electrons. The molecule has 1 N–H and O–H groups in total. The zero-order valence-corrected chi connectivity index (χ0v) is 12.9. The van der Waals surface area contributed by atoms with E-state index >= 15 is 0 Å². The number of rotatable bonds is 5. The van der Waals surface area contributed by atoms with Gasteiger partial charge >= 0.3 is 0 Å². The average Bonchev–Trinajstić information content (AvgIpc) is 3.11. The first kappa shape index (κ1) is 15.7. The lowest BCUT2D eigenvalue weighted by atomic mass is 10.1. The van der Waals surface area contributed by atoms with Gasteiger partial charge in [-0.25, -0.2) is 9.07 Å². The van der Waals surface area contributed by atoms with Crippen molar-refractivity contribution in [2.75, 3.05) is 11.9 Å². The number of anilines is 1. The fraction of sp³-hybridized carbons (Fsp3) is 0.118. The molecule has 0 bridgehead atoms. The average molecular weight is 326 g/mol. The topological polar surface area (TPSA) is 69.0 Å². The van der Waals surface area contributed by atoms with E-state index in [0.717, 1.165) is 0 Å². The molecule has 0 aliphatic heterocycles. The van der Waals surface area contributed by atoms with E-state index in [4.69, 9.17) is 4.74 Å². The van der Waals surface area contributed by atoms with Crippen molar-refractivity contribution >= 4 is 11.6 Å². The summed E-state index contributed by atoms with van der Waals surface area (Å²) in [5.41, 5.74) is 1.22. The number of nitrogens with one attached hydrogen (secondary N) is 1. The molecule has 0 aliphatic rings. The van der Waals surface area contributed by atoms with Crippen LogP contribution in [-0.4, -0.2) is 27.3 Å². The summed E-state index contributed by atoms with van der Waals surface area (Å²) in [5, 5.41) is 6.87. The van der Waals surface area contributed by atoms with Crippen LogP contribution >= 0.6 is 0 Å². The number of aromatic nitrogens is 3. The van der Waals surface area contributed by atoms with Gasteiger partial charge in [-0.1, -0.05) is 6.07 Å². The van der Waals surface area contributed by atoms with Gasteiger partial charge in [0.25, 0.3) is 5.91 Å². The molecule has 2 aromatic heterocycles. The number of hydrogen-bond donors (Lipinski definition) is 1. The first-order valence-electron chi connectivity index (χ1n) is 7.37. The number of ether oxygens (including phenoxy) is 1. The summed E-state index contributed by atoms with van der Waals surface area (Å²) < 4.78 is 20.8. The Kier molecular flexibility index (Phi) is 4.51. The summed E-state index contributed by atoms with van der Waals surface area (Å²) in [6, 6.07) is 7.71. The van der Waals surface area contributed by atoms with Crippen LogP contribution in [0.5, 0.6) is 5.75 Å². The second kappa shape index (κ2) is 6.91. The van der Waals surface area contributed by atoms with E-state index in [2.05, 4.69) is 15.4 Å². The Morgan fingerprint density at radius 3 is 2.92 bits per heavy atom. The molecule has 1 aromatic carbocycles. The second-order valence-corrected chi connectivity index (χ2v) is 4.85. The summed E-state index contributed by atoms with van der Waals surface area (Å²) >= 11 is 0. The molecule has 1 amide bonds. The third-order valence-electron chi connectivity index (χ3n) is 3.30. The van der Waals surface area contributed by atoms with Crippen molar-refractivity contribution in [3.8, 4) is 11.4 Å². The number of pyridine rings is 1. The maximum absolute atomic E-state index is 13.9. The lowest BCUT2D eigenvalue weighted by Crippen LogP contribution is -2.16. The number of para-hydroxylation sites is 1. The van der Waals surface area contributed by atoms with Crippen molar-refractivity contribution in [3.05, 3.63) is 66.5 Å². The van der Waals surface area contributed by atoms with Crippen LogP contribution in [0.15, 0.2) is 55.1 Å². The Balaban J connectivity index is 1.93. The summed E-state index contributed by atoms with van der Waals surface area (Å²) in [4.78, 5) is 16.6. The molecule has 3 rings (SSSR count). The molecule has 3 aromatic rings. The van der Waals surface area contributed by atoms with Gasteiger partial charge < -0.3 is 10.1 Å². The third-order valence-corrected chi connectivity index (χ3v) is 3.30. The molecule has 0 atom stereocenters. The molecule has 0 unspecified atom stereocenters. The van der Waals surface area contributed by atoms with Crippen molar-refractivity contribution in [1.29, 1.82) is 0 Å². The first-order valence-corrected chi connectivity index (χ1v) is 7.37. The van der Waals surface area contributed by atoms with Gasteiger partial charge in [0, 0.05) is 18.6 Å². The van der Waals surface area contributed by atoms with E-state index in [1.54, 1.807) is 42.3 Å². The number of nitrogens with zero attached hydrogens (tertiary/aromatic N) is 3. The highest BCUT2D eigenvalue weighted by Gasteiger charge is 2.18. The van der Waals surface area contributed by atoms with E-state index in [-0.39, 0.29) is 17.9 Å². The van der Waals surface area contributed by atoms with Crippen LogP contribution in [0.1, 0.15) is 17.3 Å². The van der Waals surface area contributed by atoms with Crippen LogP contribution in [0.4, 0.5) is 10.1 Å². The highest BCUT2D eigenvalue weighted by Crippen LogP contribution is 2.25. The van der Waals surface area contributed by atoms with Crippen molar-refractivity contribution in [2.45, 2.75) is 6.92 Å². The Hall–Kier alpha value is -3.22. The lowest BCUT2D eigenvalue weighted by Gasteiger charge is -2.13. The van der Waals surface area contributed by atoms with Gasteiger partial charge in [-0.15, -0.1) is 0 Å². The van der Waals surface area contributed by atoms with Crippen molar-refractivity contribution < 1.29 is 13.9 Å². The van der Waals surface area contributed by atoms with Crippen LogP contribution in [-0.2, 0) is 0 Å². The highest BCUT2D eigenvalue weighted by molar-refractivity contribution is 6.07. The normalized spacial score (nSPS) is 10.4. The minimum Gasteiger partial charge on any atom is -0.490 e. The molecule has 6 nitrogen and oxygen atoms in total. The SMILES string of the molecule is CCOc1c(F)cccc1C(=O)Nc1cnccc1-n1cccn1. The Labute approximate surface area is 137 Å². The van der Waals surface area contributed by atoms with Gasteiger partial charge in [-0.3, -0.25) is 9.78 Å². The van der Waals surface area contributed by atoms with Crippen molar-refractivity contribution in [1.82, 2.24) is 14.8 Å². The molecule has 0 fully saturated rings. The van der Waals surface area contributed by atoms with Crippen LogP contribution in [0, 0.1) is 5.82 Å². The van der Waals surface area contributed by atoms with E-state index in [0.29, 0.717) is 11.4 Å². The van der Waals surface area contributed by atoms with Gasteiger partial charge in [0.15, 0.2) is 11.6 Å².